The van der Waals surface area contributed by atoms with Crippen LogP contribution in [0.25, 0.3) is 0 Å². The van der Waals surface area contributed by atoms with E-state index in [1.165, 1.54) is 38.0 Å². The van der Waals surface area contributed by atoms with Gasteiger partial charge in [-0.25, -0.2) is 0 Å². The Hall–Kier alpha value is -1.26. The molecule has 1 unspecified atom stereocenters. The van der Waals surface area contributed by atoms with E-state index in [2.05, 4.69) is 22.3 Å². The molecule has 21 heavy (non-hydrogen) atoms. The minimum Gasteiger partial charge on any atom is -0.493 e. The summed E-state index contributed by atoms with van der Waals surface area (Å²) in [6, 6.07) is 6.86. The number of benzene rings is 1. The molecular weight excluding hydrogens is 264 g/mol. The molecule has 4 rings (SSSR count). The summed E-state index contributed by atoms with van der Waals surface area (Å²) >= 11 is 0. The third-order valence-electron chi connectivity index (χ3n) is 4.75. The maximum Gasteiger partial charge on any atom is 0.161 e. The first-order chi connectivity index (χ1) is 10.3. The van der Waals surface area contributed by atoms with Gasteiger partial charge in [-0.15, -0.1) is 0 Å². The van der Waals surface area contributed by atoms with E-state index in [1.54, 1.807) is 7.11 Å². The molecule has 4 heteroatoms. The molecule has 2 bridgehead atoms. The molecule has 0 aliphatic carbocycles. The molecule has 3 aliphatic heterocycles. The topological polar surface area (TPSA) is 33.7 Å². The van der Waals surface area contributed by atoms with Crippen LogP contribution in [-0.4, -0.2) is 44.3 Å². The van der Waals surface area contributed by atoms with Gasteiger partial charge in [0.25, 0.3) is 0 Å². The minimum atomic E-state index is 0.644. The molecule has 1 aromatic carbocycles. The van der Waals surface area contributed by atoms with Crippen molar-refractivity contribution in [1.82, 2.24) is 10.2 Å². The monoisotopic (exact) mass is 290 g/mol. The highest BCUT2D eigenvalue weighted by atomic mass is 16.5. The highest BCUT2D eigenvalue weighted by molar-refractivity contribution is 5.42. The highest BCUT2D eigenvalue weighted by Gasteiger charge is 2.33. The zero-order valence-corrected chi connectivity index (χ0v) is 13.1. The van der Waals surface area contributed by atoms with Crippen molar-refractivity contribution in [2.75, 3.05) is 33.4 Å². The first kappa shape index (κ1) is 14.7. The van der Waals surface area contributed by atoms with Crippen LogP contribution >= 0.6 is 0 Å². The molecule has 116 valence electrons. The molecule has 3 heterocycles. The minimum absolute atomic E-state index is 0.644. The van der Waals surface area contributed by atoms with Crippen molar-refractivity contribution in [2.45, 2.75) is 32.4 Å². The van der Waals surface area contributed by atoms with E-state index in [-0.39, 0.29) is 0 Å². The van der Waals surface area contributed by atoms with E-state index in [9.17, 15) is 0 Å². The molecule has 0 aromatic heterocycles. The van der Waals surface area contributed by atoms with Gasteiger partial charge in [-0.1, -0.05) is 6.07 Å². The normalized spacial score (nSPS) is 27.6. The fourth-order valence-corrected chi connectivity index (χ4v) is 3.54. The maximum atomic E-state index is 5.65. The Kier molecular flexibility index (Phi) is 4.66. The van der Waals surface area contributed by atoms with E-state index >= 15 is 0 Å². The average Bonchev–Trinajstić information content (AvgIpc) is 2.54. The van der Waals surface area contributed by atoms with E-state index in [0.717, 1.165) is 24.0 Å². The molecule has 0 radical (unpaired) electrons. The molecule has 0 amide bonds. The zero-order chi connectivity index (χ0) is 14.7. The first-order valence-corrected chi connectivity index (χ1v) is 8.05. The van der Waals surface area contributed by atoms with Gasteiger partial charge in [0.05, 0.1) is 13.7 Å². The van der Waals surface area contributed by atoms with E-state index in [1.807, 2.05) is 13.0 Å². The van der Waals surface area contributed by atoms with Crippen LogP contribution in [0.3, 0.4) is 0 Å². The Morgan fingerprint density at radius 3 is 2.67 bits per heavy atom. The summed E-state index contributed by atoms with van der Waals surface area (Å²) in [7, 11) is 1.68. The van der Waals surface area contributed by atoms with Crippen LogP contribution in [0, 0.1) is 5.92 Å². The van der Waals surface area contributed by atoms with Crippen LogP contribution in [0.4, 0.5) is 0 Å². The van der Waals surface area contributed by atoms with Gasteiger partial charge in [-0.05, 0) is 56.5 Å². The summed E-state index contributed by atoms with van der Waals surface area (Å²) < 4.78 is 11.0. The quantitative estimate of drug-likeness (QED) is 0.871. The molecule has 1 N–H and O–H groups in total. The summed E-state index contributed by atoms with van der Waals surface area (Å²) in [4.78, 5) is 2.58. The van der Waals surface area contributed by atoms with Crippen molar-refractivity contribution in [3.63, 3.8) is 0 Å². The van der Waals surface area contributed by atoms with Crippen molar-refractivity contribution in [3.8, 4) is 11.5 Å². The molecule has 1 atom stereocenters. The van der Waals surface area contributed by atoms with Crippen molar-refractivity contribution < 1.29 is 9.47 Å². The standard InChI is InChI=1S/C17H26N2O2/c1-3-21-17-10-13(4-5-16(17)20-2)11-18-15-12-19-8-6-14(15)7-9-19/h4-5,10,14-15,18H,3,6-9,11-12H2,1-2H3. The molecule has 4 nitrogen and oxygen atoms in total. The second kappa shape index (κ2) is 6.67. The van der Waals surface area contributed by atoms with Crippen LogP contribution in [-0.2, 0) is 6.54 Å². The Balaban J connectivity index is 1.61. The van der Waals surface area contributed by atoms with Crippen LogP contribution in [0.1, 0.15) is 25.3 Å². The van der Waals surface area contributed by atoms with Gasteiger partial charge >= 0.3 is 0 Å². The Bertz CT molecular complexity index is 470. The lowest BCUT2D eigenvalue weighted by atomic mass is 9.84. The number of nitrogens with one attached hydrogen (secondary N) is 1. The van der Waals surface area contributed by atoms with Gasteiger partial charge in [0.2, 0.25) is 0 Å². The number of piperidine rings is 3. The third-order valence-corrected chi connectivity index (χ3v) is 4.75. The molecule has 3 saturated heterocycles. The predicted octanol–water partition coefficient (Wildman–Crippen LogP) is 2.28. The maximum absolute atomic E-state index is 5.65. The number of nitrogens with zero attached hydrogens (tertiary/aromatic N) is 1. The highest BCUT2D eigenvalue weighted by Crippen LogP contribution is 2.30. The lowest BCUT2D eigenvalue weighted by molar-refractivity contribution is 0.0720. The van der Waals surface area contributed by atoms with Crippen molar-refractivity contribution in [2.24, 2.45) is 5.92 Å². The number of hydrogen-bond donors (Lipinski definition) is 1. The van der Waals surface area contributed by atoms with E-state index < -0.39 is 0 Å². The van der Waals surface area contributed by atoms with Crippen molar-refractivity contribution in [1.29, 1.82) is 0 Å². The van der Waals surface area contributed by atoms with E-state index in [4.69, 9.17) is 9.47 Å². The van der Waals surface area contributed by atoms with E-state index in [0.29, 0.717) is 12.6 Å². The Labute approximate surface area is 127 Å². The predicted molar refractivity (Wildman–Crippen MR) is 84.0 cm³/mol. The molecule has 3 aliphatic rings. The molecule has 0 saturated carbocycles. The largest absolute Gasteiger partial charge is 0.493 e. The summed E-state index contributed by atoms with van der Waals surface area (Å²) in [5.74, 6) is 2.51. The first-order valence-electron chi connectivity index (χ1n) is 8.05. The van der Waals surface area contributed by atoms with Crippen LogP contribution in [0.15, 0.2) is 18.2 Å². The Morgan fingerprint density at radius 2 is 2.05 bits per heavy atom. The summed E-state index contributed by atoms with van der Waals surface area (Å²) in [5.41, 5.74) is 1.26. The summed E-state index contributed by atoms with van der Waals surface area (Å²) in [5, 5.41) is 3.74. The lowest BCUT2D eigenvalue weighted by Gasteiger charge is -2.45. The zero-order valence-electron chi connectivity index (χ0n) is 13.1. The molecular formula is C17H26N2O2. The fraction of sp³-hybridized carbons (Fsp3) is 0.647. The van der Waals surface area contributed by atoms with Crippen LogP contribution < -0.4 is 14.8 Å². The second-order valence-electron chi connectivity index (χ2n) is 6.04. The second-order valence-corrected chi connectivity index (χ2v) is 6.04. The van der Waals surface area contributed by atoms with Crippen molar-refractivity contribution >= 4 is 0 Å². The van der Waals surface area contributed by atoms with Gasteiger partial charge in [-0.2, -0.15) is 0 Å². The summed E-state index contributed by atoms with van der Waals surface area (Å²) in [6.07, 6.45) is 2.70. The molecule has 3 fully saturated rings. The van der Waals surface area contributed by atoms with Gasteiger partial charge < -0.3 is 19.7 Å². The summed E-state index contributed by atoms with van der Waals surface area (Å²) in [6.45, 7) is 7.35. The van der Waals surface area contributed by atoms with Gasteiger partial charge in [0.1, 0.15) is 0 Å². The van der Waals surface area contributed by atoms with Gasteiger partial charge in [-0.3, -0.25) is 0 Å². The smallest absolute Gasteiger partial charge is 0.161 e. The lowest BCUT2D eigenvalue weighted by Crippen LogP contribution is -2.55. The van der Waals surface area contributed by atoms with Gasteiger partial charge in [0.15, 0.2) is 11.5 Å². The van der Waals surface area contributed by atoms with Crippen LogP contribution in [0.2, 0.25) is 0 Å². The number of fused-ring (bicyclic) bond motifs is 3. The molecule has 0 spiro atoms. The number of hydrogen-bond acceptors (Lipinski definition) is 4. The molecule has 1 aromatic rings. The fourth-order valence-electron chi connectivity index (χ4n) is 3.54. The Morgan fingerprint density at radius 1 is 1.24 bits per heavy atom. The number of methoxy groups -OCH3 is 1. The van der Waals surface area contributed by atoms with Crippen molar-refractivity contribution in [3.05, 3.63) is 23.8 Å². The average molecular weight is 290 g/mol. The van der Waals surface area contributed by atoms with Gasteiger partial charge in [0, 0.05) is 19.1 Å². The third kappa shape index (κ3) is 3.33. The SMILES string of the molecule is CCOc1cc(CNC2CN3CCC2CC3)ccc1OC. The number of rotatable bonds is 6. The number of ether oxygens (including phenoxy) is 2. The van der Waals surface area contributed by atoms with Crippen LogP contribution in [0.5, 0.6) is 11.5 Å².